The Balaban J connectivity index is 2.00. The fourth-order valence-corrected chi connectivity index (χ4v) is 3.30. The molecule has 3 unspecified atom stereocenters. The van der Waals surface area contributed by atoms with Crippen LogP contribution in [0.15, 0.2) is 6.33 Å². The molecule has 0 spiro atoms. The van der Waals surface area contributed by atoms with Crippen LogP contribution in [0.5, 0.6) is 0 Å². The molecule has 3 atom stereocenters. The summed E-state index contributed by atoms with van der Waals surface area (Å²) in [6, 6.07) is 0.666. The summed E-state index contributed by atoms with van der Waals surface area (Å²) >= 11 is 0. The molecular weight excluding hydrogens is 236 g/mol. The lowest BCUT2D eigenvalue weighted by molar-refractivity contribution is 0.195. The molecule has 1 aromatic rings. The molecule has 2 rings (SSSR count). The monoisotopic (exact) mass is 264 g/mol. The van der Waals surface area contributed by atoms with E-state index in [1.165, 1.54) is 32.1 Å². The molecule has 0 aromatic carbocycles. The molecule has 1 N–H and O–H groups in total. The van der Waals surface area contributed by atoms with E-state index < -0.39 is 0 Å². The van der Waals surface area contributed by atoms with Gasteiger partial charge in [0, 0.05) is 19.5 Å². The van der Waals surface area contributed by atoms with Crippen molar-refractivity contribution < 1.29 is 0 Å². The van der Waals surface area contributed by atoms with Gasteiger partial charge in [-0.15, -0.1) is 0 Å². The molecule has 0 amide bonds. The van der Waals surface area contributed by atoms with Crippen molar-refractivity contribution in [3.8, 4) is 0 Å². The third-order valence-corrected chi connectivity index (χ3v) is 4.57. The van der Waals surface area contributed by atoms with Crippen molar-refractivity contribution in [2.24, 2.45) is 18.9 Å². The lowest BCUT2D eigenvalue weighted by atomic mass is 9.75. The first-order chi connectivity index (χ1) is 9.24. The summed E-state index contributed by atoms with van der Waals surface area (Å²) in [6.07, 6.45) is 9.30. The highest BCUT2D eigenvalue weighted by atomic mass is 15.3. The van der Waals surface area contributed by atoms with Crippen LogP contribution in [0.4, 0.5) is 0 Å². The second-order valence-electron chi connectivity index (χ2n) is 5.91. The van der Waals surface area contributed by atoms with Crippen molar-refractivity contribution in [1.29, 1.82) is 0 Å². The van der Waals surface area contributed by atoms with Crippen LogP contribution in [0.1, 0.15) is 51.8 Å². The molecular formula is C15H28N4. The molecule has 0 aliphatic heterocycles. The quantitative estimate of drug-likeness (QED) is 0.858. The summed E-state index contributed by atoms with van der Waals surface area (Å²) in [4.78, 5) is 4.40. The maximum atomic E-state index is 4.40. The predicted molar refractivity (Wildman–Crippen MR) is 77.9 cm³/mol. The molecule has 0 bridgehead atoms. The summed E-state index contributed by atoms with van der Waals surface area (Å²) < 4.78 is 1.92. The number of nitrogens with one attached hydrogen (secondary N) is 1. The van der Waals surface area contributed by atoms with Crippen LogP contribution >= 0.6 is 0 Å². The summed E-state index contributed by atoms with van der Waals surface area (Å²) in [5.74, 6) is 2.75. The van der Waals surface area contributed by atoms with E-state index in [0.717, 1.165) is 24.7 Å². The average Bonchev–Trinajstić information content (AvgIpc) is 2.83. The third-order valence-electron chi connectivity index (χ3n) is 4.57. The van der Waals surface area contributed by atoms with Crippen molar-refractivity contribution in [3.63, 3.8) is 0 Å². The van der Waals surface area contributed by atoms with Crippen LogP contribution in [0.2, 0.25) is 0 Å². The Morgan fingerprint density at radius 2 is 2.21 bits per heavy atom. The first-order valence-corrected chi connectivity index (χ1v) is 7.80. The SMILES string of the molecule is CCCNC1CCC(CC)CC1Cc1ncnn1C. The minimum absolute atomic E-state index is 0.666. The molecule has 1 aromatic heterocycles. The molecule has 1 saturated carbocycles. The highest BCUT2D eigenvalue weighted by Crippen LogP contribution is 2.33. The summed E-state index contributed by atoms with van der Waals surface area (Å²) in [5.41, 5.74) is 0. The van der Waals surface area contributed by atoms with Gasteiger partial charge in [0.2, 0.25) is 0 Å². The van der Waals surface area contributed by atoms with Gasteiger partial charge in [0.1, 0.15) is 12.2 Å². The summed E-state index contributed by atoms with van der Waals surface area (Å²) in [6.45, 7) is 5.70. The number of hydrogen-bond acceptors (Lipinski definition) is 3. The first kappa shape index (κ1) is 14.5. The zero-order chi connectivity index (χ0) is 13.7. The Morgan fingerprint density at radius 1 is 1.37 bits per heavy atom. The fourth-order valence-electron chi connectivity index (χ4n) is 3.30. The number of aryl methyl sites for hydroxylation is 1. The van der Waals surface area contributed by atoms with E-state index in [4.69, 9.17) is 0 Å². The second-order valence-corrected chi connectivity index (χ2v) is 5.91. The lowest BCUT2D eigenvalue weighted by Gasteiger charge is -2.36. The van der Waals surface area contributed by atoms with Gasteiger partial charge in [-0.3, -0.25) is 4.68 Å². The van der Waals surface area contributed by atoms with E-state index in [1.807, 2.05) is 11.7 Å². The smallest absolute Gasteiger partial charge is 0.138 e. The van der Waals surface area contributed by atoms with Crippen molar-refractivity contribution in [1.82, 2.24) is 20.1 Å². The molecule has 1 heterocycles. The van der Waals surface area contributed by atoms with Crippen molar-refractivity contribution in [3.05, 3.63) is 12.2 Å². The van der Waals surface area contributed by atoms with Gasteiger partial charge in [-0.2, -0.15) is 5.10 Å². The van der Waals surface area contributed by atoms with Gasteiger partial charge in [-0.05, 0) is 44.1 Å². The Hall–Kier alpha value is -0.900. The summed E-state index contributed by atoms with van der Waals surface area (Å²) in [5, 5.41) is 7.93. The molecule has 1 aliphatic rings. The normalized spacial score (nSPS) is 27.6. The molecule has 4 heteroatoms. The van der Waals surface area contributed by atoms with E-state index >= 15 is 0 Å². The number of nitrogens with zero attached hydrogens (tertiary/aromatic N) is 3. The van der Waals surface area contributed by atoms with Gasteiger partial charge >= 0.3 is 0 Å². The maximum absolute atomic E-state index is 4.40. The number of rotatable bonds is 6. The molecule has 1 fully saturated rings. The van der Waals surface area contributed by atoms with Gasteiger partial charge < -0.3 is 5.32 Å². The highest BCUT2D eigenvalue weighted by molar-refractivity contribution is 4.93. The molecule has 0 saturated heterocycles. The minimum Gasteiger partial charge on any atom is -0.314 e. The van der Waals surface area contributed by atoms with E-state index in [2.05, 4.69) is 29.2 Å². The average molecular weight is 264 g/mol. The van der Waals surface area contributed by atoms with Gasteiger partial charge in [0.05, 0.1) is 0 Å². The number of hydrogen-bond donors (Lipinski definition) is 1. The van der Waals surface area contributed by atoms with Crippen LogP contribution < -0.4 is 5.32 Å². The largest absolute Gasteiger partial charge is 0.314 e. The van der Waals surface area contributed by atoms with Crippen LogP contribution in [0.3, 0.4) is 0 Å². The molecule has 108 valence electrons. The van der Waals surface area contributed by atoms with Gasteiger partial charge in [-0.25, -0.2) is 4.98 Å². The van der Waals surface area contributed by atoms with E-state index in [0.29, 0.717) is 12.0 Å². The third kappa shape index (κ3) is 3.78. The topological polar surface area (TPSA) is 42.7 Å². The van der Waals surface area contributed by atoms with Crippen LogP contribution in [0.25, 0.3) is 0 Å². The highest BCUT2D eigenvalue weighted by Gasteiger charge is 2.30. The zero-order valence-corrected chi connectivity index (χ0v) is 12.6. The fraction of sp³-hybridized carbons (Fsp3) is 0.867. The Kier molecular flexibility index (Phi) is 5.37. The van der Waals surface area contributed by atoms with Crippen LogP contribution in [-0.4, -0.2) is 27.4 Å². The predicted octanol–water partition coefficient (Wildman–Crippen LogP) is 2.55. The van der Waals surface area contributed by atoms with E-state index in [1.54, 1.807) is 6.33 Å². The first-order valence-electron chi connectivity index (χ1n) is 7.80. The Labute approximate surface area is 117 Å². The maximum Gasteiger partial charge on any atom is 0.138 e. The number of aromatic nitrogens is 3. The zero-order valence-electron chi connectivity index (χ0n) is 12.6. The van der Waals surface area contributed by atoms with Crippen LogP contribution in [0, 0.1) is 11.8 Å². The van der Waals surface area contributed by atoms with Crippen molar-refractivity contribution >= 4 is 0 Å². The summed E-state index contributed by atoms with van der Waals surface area (Å²) in [7, 11) is 2.00. The lowest BCUT2D eigenvalue weighted by Crippen LogP contribution is -2.42. The van der Waals surface area contributed by atoms with Gasteiger partial charge in [0.25, 0.3) is 0 Å². The Morgan fingerprint density at radius 3 is 2.84 bits per heavy atom. The van der Waals surface area contributed by atoms with E-state index in [-0.39, 0.29) is 0 Å². The van der Waals surface area contributed by atoms with Gasteiger partial charge in [0.15, 0.2) is 0 Å². The molecule has 0 radical (unpaired) electrons. The van der Waals surface area contributed by atoms with Crippen molar-refractivity contribution in [2.45, 2.75) is 58.4 Å². The standard InChI is InChI=1S/C15H28N4/c1-4-8-16-14-7-6-12(5-2)9-13(14)10-15-17-11-18-19(15)3/h11-14,16H,4-10H2,1-3H3. The van der Waals surface area contributed by atoms with Gasteiger partial charge in [-0.1, -0.05) is 20.3 Å². The molecule has 19 heavy (non-hydrogen) atoms. The van der Waals surface area contributed by atoms with E-state index in [9.17, 15) is 0 Å². The second kappa shape index (κ2) is 7.04. The molecule has 1 aliphatic carbocycles. The Bertz CT molecular complexity index is 374. The molecule has 4 nitrogen and oxygen atoms in total. The minimum atomic E-state index is 0.666. The van der Waals surface area contributed by atoms with Crippen molar-refractivity contribution in [2.75, 3.05) is 6.54 Å². The van der Waals surface area contributed by atoms with Crippen LogP contribution in [-0.2, 0) is 13.5 Å².